The molecular weight excluding hydrogens is 226 g/mol. The van der Waals surface area contributed by atoms with E-state index in [1.165, 1.54) is 5.56 Å². The van der Waals surface area contributed by atoms with Gasteiger partial charge < -0.3 is 5.32 Å². The van der Waals surface area contributed by atoms with Gasteiger partial charge in [-0.3, -0.25) is 9.59 Å². The number of carbonyl (C=O) groups excluding carboxylic acids is 2. The molecule has 0 saturated heterocycles. The molecule has 0 aliphatic heterocycles. The fourth-order valence-corrected chi connectivity index (χ4v) is 1.40. The molecule has 98 valence electrons. The number of benzene rings is 1. The zero-order valence-electron chi connectivity index (χ0n) is 11.5. The lowest BCUT2D eigenvalue weighted by molar-refractivity contribution is -0.128. The Bertz CT molecular complexity index is 427. The zero-order chi connectivity index (χ0) is 13.8. The molecule has 0 saturated carbocycles. The SMILES string of the molecule is Cc1ccc(CC(=O)NCC(=O)C(C)(C)C)cc1. The van der Waals surface area contributed by atoms with E-state index in [0.717, 1.165) is 5.56 Å². The normalized spacial score (nSPS) is 11.1. The van der Waals surface area contributed by atoms with E-state index in [-0.39, 0.29) is 18.2 Å². The van der Waals surface area contributed by atoms with Gasteiger partial charge in [0.25, 0.3) is 0 Å². The van der Waals surface area contributed by atoms with Gasteiger partial charge in [-0.25, -0.2) is 0 Å². The summed E-state index contributed by atoms with van der Waals surface area (Å²) in [7, 11) is 0. The molecule has 0 unspecified atom stereocenters. The fraction of sp³-hybridized carbons (Fsp3) is 0.467. The Kier molecular flexibility index (Phi) is 4.65. The molecule has 18 heavy (non-hydrogen) atoms. The second-order valence-electron chi connectivity index (χ2n) is 5.61. The van der Waals surface area contributed by atoms with Gasteiger partial charge in [0.05, 0.1) is 13.0 Å². The van der Waals surface area contributed by atoms with Crippen LogP contribution in [0.2, 0.25) is 0 Å². The van der Waals surface area contributed by atoms with Crippen LogP contribution in [0.4, 0.5) is 0 Å². The highest BCUT2D eigenvalue weighted by Gasteiger charge is 2.21. The van der Waals surface area contributed by atoms with E-state index >= 15 is 0 Å². The number of nitrogens with one attached hydrogen (secondary N) is 1. The van der Waals surface area contributed by atoms with Crippen LogP contribution in [0.5, 0.6) is 0 Å². The number of ketones is 1. The van der Waals surface area contributed by atoms with Crippen molar-refractivity contribution in [3.8, 4) is 0 Å². The highest BCUT2D eigenvalue weighted by molar-refractivity contribution is 5.89. The van der Waals surface area contributed by atoms with Crippen molar-refractivity contribution in [1.82, 2.24) is 5.32 Å². The van der Waals surface area contributed by atoms with Crippen LogP contribution in [0.25, 0.3) is 0 Å². The van der Waals surface area contributed by atoms with Gasteiger partial charge in [0, 0.05) is 5.41 Å². The highest BCUT2D eigenvalue weighted by atomic mass is 16.2. The first-order valence-electron chi connectivity index (χ1n) is 6.14. The summed E-state index contributed by atoms with van der Waals surface area (Å²) in [6, 6.07) is 7.81. The molecule has 0 aromatic heterocycles. The summed E-state index contributed by atoms with van der Waals surface area (Å²) in [4.78, 5) is 23.3. The second kappa shape index (κ2) is 5.80. The van der Waals surface area contributed by atoms with Crippen molar-refractivity contribution in [2.75, 3.05) is 6.54 Å². The molecule has 0 aliphatic carbocycles. The monoisotopic (exact) mass is 247 g/mol. The maximum Gasteiger partial charge on any atom is 0.224 e. The van der Waals surface area contributed by atoms with Gasteiger partial charge >= 0.3 is 0 Å². The van der Waals surface area contributed by atoms with E-state index in [9.17, 15) is 9.59 Å². The molecule has 3 heteroatoms. The molecule has 1 rings (SSSR count). The number of carbonyl (C=O) groups is 2. The summed E-state index contributed by atoms with van der Waals surface area (Å²) in [5.41, 5.74) is 1.72. The number of aryl methyl sites for hydroxylation is 1. The number of rotatable bonds is 4. The Labute approximate surface area is 109 Å². The molecule has 1 aromatic carbocycles. The molecular formula is C15H21NO2. The maximum atomic E-state index is 11.7. The predicted molar refractivity (Wildman–Crippen MR) is 72.4 cm³/mol. The van der Waals surface area contributed by atoms with Gasteiger partial charge in [0.2, 0.25) is 5.91 Å². The minimum Gasteiger partial charge on any atom is -0.349 e. The molecule has 0 spiro atoms. The van der Waals surface area contributed by atoms with Crippen LogP contribution in [-0.2, 0) is 16.0 Å². The minimum atomic E-state index is -0.406. The summed E-state index contributed by atoms with van der Waals surface area (Å²) in [5.74, 6) is -0.0730. The molecule has 1 N–H and O–H groups in total. The lowest BCUT2D eigenvalue weighted by Gasteiger charge is -2.16. The molecule has 1 aromatic rings. The quantitative estimate of drug-likeness (QED) is 0.887. The lowest BCUT2D eigenvalue weighted by atomic mass is 9.91. The van der Waals surface area contributed by atoms with Gasteiger partial charge in [-0.2, -0.15) is 0 Å². The summed E-state index contributed by atoms with van der Waals surface area (Å²) in [6.07, 6.45) is 0.317. The third kappa shape index (κ3) is 4.70. The zero-order valence-corrected chi connectivity index (χ0v) is 11.5. The predicted octanol–water partition coefficient (Wildman–Crippen LogP) is 2.27. The van der Waals surface area contributed by atoms with Crippen LogP contribution in [0.15, 0.2) is 24.3 Å². The van der Waals surface area contributed by atoms with Gasteiger partial charge in [0.15, 0.2) is 5.78 Å². The summed E-state index contributed by atoms with van der Waals surface area (Å²) < 4.78 is 0. The Morgan fingerprint density at radius 3 is 2.17 bits per heavy atom. The fourth-order valence-electron chi connectivity index (χ4n) is 1.40. The summed E-state index contributed by atoms with van der Waals surface area (Å²) in [6.45, 7) is 7.66. The third-order valence-corrected chi connectivity index (χ3v) is 2.77. The highest BCUT2D eigenvalue weighted by Crippen LogP contribution is 2.13. The van der Waals surface area contributed by atoms with Gasteiger partial charge in [-0.05, 0) is 12.5 Å². The first kappa shape index (κ1) is 14.4. The van der Waals surface area contributed by atoms with Crippen molar-refractivity contribution in [2.45, 2.75) is 34.1 Å². The minimum absolute atomic E-state index is 0.0414. The van der Waals surface area contributed by atoms with Crippen LogP contribution >= 0.6 is 0 Å². The van der Waals surface area contributed by atoms with Crippen LogP contribution in [0.3, 0.4) is 0 Å². The summed E-state index contributed by atoms with van der Waals surface area (Å²) in [5, 5.41) is 2.66. The Balaban J connectivity index is 2.43. The molecule has 3 nitrogen and oxygen atoms in total. The van der Waals surface area contributed by atoms with Crippen LogP contribution < -0.4 is 5.32 Å². The molecule has 0 heterocycles. The van der Waals surface area contributed by atoms with Crippen LogP contribution in [0, 0.1) is 12.3 Å². The van der Waals surface area contributed by atoms with Gasteiger partial charge in [-0.1, -0.05) is 50.6 Å². The Morgan fingerprint density at radius 1 is 1.11 bits per heavy atom. The van der Waals surface area contributed by atoms with Crippen molar-refractivity contribution in [3.63, 3.8) is 0 Å². The molecule has 1 amide bonds. The summed E-state index contributed by atoms with van der Waals surface area (Å²) >= 11 is 0. The van der Waals surface area contributed by atoms with Crippen molar-refractivity contribution in [1.29, 1.82) is 0 Å². The topological polar surface area (TPSA) is 46.2 Å². The van der Waals surface area contributed by atoms with E-state index in [4.69, 9.17) is 0 Å². The maximum absolute atomic E-state index is 11.7. The number of hydrogen-bond donors (Lipinski definition) is 1. The van der Waals surface area contributed by atoms with Gasteiger partial charge in [-0.15, -0.1) is 0 Å². The Hall–Kier alpha value is -1.64. The largest absolute Gasteiger partial charge is 0.349 e. The standard InChI is InChI=1S/C15H21NO2/c1-11-5-7-12(8-6-11)9-14(18)16-10-13(17)15(2,3)4/h5-8H,9-10H2,1-4H3,(H,16,18). The average molecular weight is 247 g/mol. The Morgan fingerprint density at radius 2 is 1.67 bits per heavy atom. The van der Waals surface area contributed by atoms with Crippen LogP contribution in [-0.4, -0.2) is 18.2 Å². The first-order valence-corrected chi connectivity index (χ1v) is 6.14. The lowest BCUT2D eigenvalue weighted by Crippen LogP contribution is -2.36. The molecule has 0 fully saturated rings. The van der Waals surface area contributed by atoms with Crippen LogP contribution in [0.1, 0.15) is 31.9 Å². The van der Waals surface area contributed by atoms with E-state index in [1.54, 1.807) is 0 Å². The number of Topliss-reactive ketones (excluding diaryl/α,β-unsaturated/α-hetero) is 1. The molecule has 0 atom stereocenters. The van der Waals surface area contributed by atoms with E-state index < -0.39 is 5.41 Å². The smallest absolute Gasteiger partial charge is 0.224 e. The third-order valence-electron chi connectivity index (χ3n) is 2.77. The van der Waals surface area contributed by atoms with Gasteiger partial charge in [0.1, 0.15) is 0 Å². The van der Waals surface area contributed by atoms with Crippen molar-refractivity contribution < 1.29 is 9.59 Å². The van der Waals surface area contributed by atoms with E-state index in [2.05, 4.69) is 5.32 Å². The van der Waals surface area contributed by atoms with E-state index in [0.29, 0.717) is 6.42 Å². The molecule has 0 radical (unpaired) electrons. The van der Waals surface area contributed by atoms with Crippen molar-refractivity contribution in [3.05, 3.63) is 35.4 Å². The average Bonchev–Trinajstić information content (AvgIpc) is 2.28. The first-order chi connectivity index (χ1) is 8.29. The molecule has 0 bridgehead atoms. The number of amides is 1. The van der Waals surface area contributed by atoms with Crippen molar-refractivity contribution in [2.24, 2.45) is 5.41 Å². The second-order valence-corrected chi connectivity index (χ2v) is 5.61. The number of hydrogen-bond acceptors (Lipinski definition) is 2. The van der Waals surface area contributed by atoms with Crippen molar-refractivity contribution >= 4 is 11.7 Å². The van der Waals surface area contributed by atoms with E-state index in [1.807, 2.05) is 52.0 Å². The molecule has 0 aliphatic rings.